The van der Waals surface area contributed by atoms with Crippen LogP contribution in [0, 0.1) is 22.7 Å². The predicted octanol–water partition coefficient (Wildman–Crippen LogP) is 5.34. The Hall–Kier alpha value is -3.56. The van der Waals surface area contributed by atoms with Gasteiger partial charge in [-0.25, -0.2) is 18.9 Å². The summed E-state index contributed by atoms with van der Waals surface area (Å²) >= 11 is 6.53. The molecule has 3 fully saturated rings. The monoisotopic (exact) mass is 778 g/mol. The van der Waals surface area contributed by atoms with E-state index in [1.165, 1.54) is 18.3 Å². The number of nitrogens with zero attached hydrogens (tertiary/aromatic N) is 3. The van der Waals surface area contributed by atoms with Gasteiger partial charge in [-0.2, -0.15) is 8.42 Å². The minimum absolute atomic E-state index is 0.0251. The molecular formula is C37H51ClN4O10S. The summed E-state index contributed by atoms with van der Waals surface area (Å²) in [5.41, 5.74) is -3.24. The van der Waals surface area contributed by atoms with E-state index in [4.69, 9.17) is 30.0 Å². The summed E-state index contributed by atoms with van der Waals surface area (Å²) in [6.45, 7) is 14.2. The third-order valence-corrected chi connectivity index (χ3v) is 11.8. The summed E-state index contributed by atoms with van der Waals surface area (Å²) in [4.78, 5) is 65.8. The summed E-state index contributed by atoms with van der Waals surface area (Å²) in [5.74, 6) is -2.74. The van der Waals surface area contributed by atoms with Gasteiger partial charge in [-0.1, -0.05) is 45.7 Å². The van der Waals surface area contributed by atoms with Gasteiger partial charge in [0.15, 0.2) is 5.78 Å². The Kier molecular flexibility index (Phi) is 11.2. The fourth-order valence-corrected chi connectivity index (χ4v) is 8.55. The lowest BCUT2D eigenvalue weighted by molar-refractivity contribution is -0.161. The number of hydrogen-bond acceptors (Lipinski definition) is 12. The van der Waals surface area contributed by atoms with Crippen LogP contribution in [0.3, 0.4) is 0 Å². The number of aromatic nitrogens is 2. The van der Waals surface area contributed by atoms with Crippen LogP contribution in [0.5, 0.6) is 11.6 Å². The van der Waals surface area contributed by atoms with E-state index in [0.29, 0.717) is 42.3 Å². The number of halogens is 1. The van der Waals surface area contributed by atoms with Crippen LogP contribution in [0.4, 0.5) is 0 Å². The van der Waals surface area contributed by atoms with Crippen LogP contribution in [0.1, 0.15) is 100 Å². The third-order valence-electron chi connectivity index (χ3n) is 10.4. The maximum Gasteiger partial charge on any atom is 0.362 e. The van der Waals surface area contributed by atoms with Crippen LogP contribution in [0.15, 0.2) is 18.5 Å². The average Bonchev–Trinajstić information content (AvgIpc) is 3.90. The molecule has 2 saturated carbocycles. The lowest BCUT2D eigenvalue weighted by Crippen LogP contribution is -2.49. The molecule has 2 heterocycles. The quantitative estimate of drug-likeness (QED) is 0.244. The van der Waals surface area contributed by atoms with Crippen molar-refractivity contribution in [3.63, 3.8) is 0 Å². The van der Waals surface area contributed by atoms with Gasteiger partial charge in [-0.3, -0.25) is 19.2 Å². The van der Waals surface area contributed by atoms with Gasteiger partial charge in [-0.05, 0) is 70.4 Å². The van der Waals surface area contributed by atoms with Crippen LogP contribution in [0.2, 0.25) is 5.02 Å². The number of methoxy groups -OCH3 is 1. The normalized spacial score (nSPS) is 24.3. The molecule has 1 aromatic heterocycles. The molecule has 5 atom stereocenters. The van der Waals surface area contributed by atoms with E-state index in [-0.39, 0.29) is 42.6 Å². The fraction of sp³-hybridized carbons (Fsp3) is 0.676. The number of ketones is 1. The molecule has 1 aromatic carbocycles. The number of amides is 2. The van der Waals surface area contributed by atoms with Crippen LogP contribution in [-0.2, 0) is 38.4 Å². The highest BCUT2D eigenvalue weighted by atomic mass is 35.5. The van der Waals surface area contributed by atoms with Gasteiger partial charge in [0.05, 0.1) is 54.0 Å². The molecule has 16 heteroatoms. The number of ether oxygens (including phenoxy) is 3. The first-order chi connectivity index (χ1) is 24.5. The Balaban J connectivity index is 1.45. The molecule has 5 rings (SSSR count). The molecule has 14 nitrogen and oxygen atoms in total. The van der Waals surface area contributed by atoms with Crippen molar-refractivity contribution in [2.45, 2.75) is 124 Å². The largest absolute Gasteiger partial charge is 0.495 e. The number of carbonyl (C=O) groups excluding carboxylic acids is 4. The van der Waals surface area contributed by atoms with Crippen molar-refractivity contribution < 1.29 is 46.0 Å². The van der Waals surface area contributed by atoms with Gasteiger partial charge < -0.3 is 19.1 Å². The number of rotatable bonds is 14. The topological polar surface area (TPSA) is 180 Å². The number of benzene rings is 1. The van der Waals surface area contributed by atoms with Gasteiger partial charge in [0.1, 0.15) is 28.8 Å². The van der Waals surface area contributed by atoms with E-state index in [0.717, 1.165) is 0 Å². The Labute approximate surface area is 316 Å². The Morgan fingerprint density at radius 3 is 2.34 bits per heavy atom. The van der Waals surface area contributed by atoms with E-state index < -0.39 is 74.0 Å². The molecule has 1 N–H and O–H groups in total. The van der Waals surface area contributed by atoms with E-state index in [1.54, 1.807) is 39.8 Å². The van der Waals surface area contributed by atoms with Crippen LogP contribution in [-0.4, -0.2) is 83.9 Å². The molecule has 0 spiro atoms. The minimum atomic E-state index is -4.42. The summed E-state index contributed by atoms with van der Waals surface area (Å²) in [6, 6.07) is 2.31. The Morgan fingerprint density at radius 1 is 1.09 bits per heavy atom. The zero-order chi connectivity index (χ0) is 39.3. The van der Waals surface area contributed by atoms with Crippen LogP contribution in [0.25, 0.3) is 10.9 Å². The zero-order valence-corrected chi connectivity index (χ0v) is 33.5. The molecule has 0 unspecified atom stereocenters. The second-order valence-corrected chi connectivity index (χ2v) is 18.5. The van der Waals surface area contributed by atoms with E-state index >= 15 is 0 Å². The van der Waals surface area contributed by atoms with Crippen LogP contribution < -0.4 is 14.2 Å². The number of likely N-dealkylation sites (tertiary alicyclic amines) is 1. The Bertz CT molecular complexity index is 1890. The van der Waals surface area contributed by atoms with Crippen molar-refractivity contribution in [3.8, 4) is 11.6 Å². The summed E-state index contributed by atoms with van der Waals surface area (Å²) < 4.78 is 50.1. The highest BCUT2D eigenvalue weighted by Gasteiger charge is 2.62. The highest BCUT2D eigenvalue weighted by molar-refractivity contribution is 7.85. The molecule has 292 valence electrons. The van der Waals surface area contributed by atoms with Gasteiger partial charge in [-0.15, -0.1) is 0 Å². The molecule has 2 aliphatic carbocycles. The maximum absolute atomic E-state index is 14.6. The summed E-state index contributed by atoms with van der Waals surface area (Å²) in [6.07, 6.45) is 2.03. The summed E-state index contributed by atoms with van der Waals surface area (Å²) in [5, 5.41) is 0.757. The number of fused-ring (bicyclic) bond motifs is 1. The zero-order valence-electron chi connectivity index (χ0n) is 31.9. The molecular weight excluding hydrogens is 728 g/mol. The molecule has 2 aromatic rings. The first-order valence-electron chi connectivity index (χ1n) is 18.0. The molecule has 3 aliphatic rings. The molecule has 1 aliphatic heterocycles. The number of nitrogens with one attached hydrogen (secondary N) is 1. The smallest absolute Gasteiger partial charge is 0.362 e. The lowest BCUT2D eigenvalue weighted by Gasteiger charge is -2.35. The summed E-state index contributed by atoms with van der Waals surface area (Å²) in [7, 11) is -2.93. The van der Waals surface area contributed by atoms with Gasteiger partial charge in [0.25, 0.3) is 0 Å². The van der Waals surface area contributed by atoms with Crippen molar-refractivity contribution in [2.75, 3.05) is 13.7 Å². The molecule has 1 saturated heterocycles. The average molecular weight is 779 g/mol. The van der Waals surface area contributed by atoms with E-state index in [1.807, 2.05) is 27.7 Å². The minimum Gasteiger partial charge on any atom is -0.495 e. The third kappa shape index (κ3) is 9.22. The highest BCUT2D eigenvalue weighted by Crippen LogP contribution is 2.58. The van der Waals surface area contributed by atoms with Crippen molar-refractivity contribution in [3.05, 3.63) is 23.5 Å². The van der Waals surface area contributed by atoms with Gasteiger partial charge in [0.2, 0.25) is 17.7 Å². The Morgan fingerprint density at radius 2 is 1.77 bits per heavy atom. The van der Waals surface area contributed by atoms with Gasteiger partial charge in [0, 0.05) is 12.8 Å². The first kappa shape index (κ1) is 40.6. The number of esters is 1. The van der Waals surface area contributed by atoms with Crippen LogP contribution >= 0.6 is 11.6 Å². The lowest BCUT2D eigenvalue weighted by atomic mass is 9.77. The van der Waals surface area contributed by atoms with Crippen molar-refractivity contribution in [2.24, 2.45) is 22.7 Å². The van der Waals surface area contributed by atoms with Crippen molar-refractivity contribution in [1.29, 1.82) is 0 Å². The SMILES string of the molecule is CC[C@@H]1C[C@]1(CC(=O)[C@@H]1C[C@@H](Oc2ncnc3c(Cl)c(OC)ccc23)CN1C(=O)[C@@H](CC(=O)OC(C)(C)C)C(C)(C)C)C(=O)NS(=O)(=O)OC1(C)CC1. The standard InChI is InChI=1S/C37H51ClN4O10S/c1-10-21-17-37(21,33(46)41-53(47,48)52-36(8)13-14-36)18-26(43)25-15-22(50-31-23-11-12-27(49-9)29(38)30(23)39-20-40-31)19-42(25)32(45)24(34(2,3)4)16-28(44)51-35(5,6)7/h11-12,20-22,24-25H,10,13-19H2,1-9H3,(H,41,46)/t21-,22-,24-,25+,37-/m1/s1. The second kappa shape index (κ2) is 14.6. The first-order valence-corrected chi connectivity index (χ1v) is 19.8. The maximum atomic E-state index is 14.6. The molecule has 0 radical (unpaired) electrons. The number of Topliss-reactive ketones (excluding diaryl/α,β-unsaturated/α-hetero) is 1. The molecule has 53 heavy (non-hydrogen) atoms. The predicted molar refractivity (Wildman–Crippen MR) is 195 cm³/mol. The van der Waals surface area contributed by atoms with E-state index in [2.05, 4.69) is 14.7 Å². The molecule has 2 amide bonds. The number of hydrogen-bond donors (Lipinski definition) is 1. The fourth-order valence-electron chi connectivity index (χ4n) is 7.09. The van der Waals surface area contributed by atoms with Crippen molar-refractivity contribution in [1.82, 2.24) is 19.6 Å². The second-order valence-electron chi connectivity index (χ2n) is 16.9. The van der Waals surface area contributed by atoms with Gasteiger partial charge >= 0.3 is 16.3 Å². The van der Waals surface area contributed by atoms with E-state index in [9.17, 15) is 27.6 Å². The number of carbonyl (C=O) groups is 4. The van der Waals surface area contributed by atoms with Crippen molar-refractivity contribution >= 4 is 56.4 Å². The molecule has 0 bridgehead atoms.